The lowest BCUT2D eigenvalue weighted by Crippen LogP contribution is -2.12. The van der Waals surface area contributed by atoms with Crippen molar-refractivity contribution in [2.45, 2.75) is 4.90 Å². The van der Waals surface area contributed by atoms with E-state index in [0.717, 1.165) is 6.26 Å². The minimum Gasteiger partial charge on any atom is -0.375 e. The zero-order valence-corrected chi connectivity index (χ0v) is 14.8. The standard InChI is InChI=1S/C14H12N4O3S3/c1-24(20,21)9-4-2-8(3-5-9)12(19)18-14-17-11(7-23-14)10-6-22-13(15)16-10/h2-7H,1H3,(H2,15,16)(H,17,18,19). The van der Waals surface area contributed by atoms with Gasteiger partial charge in [0.1, 0.15) is 11.4 Å². The predicted molar refractivity (Wildman–Crippen MR) is 95.1 cm³/mol. The minimum atomic E-state index is -3.29. The van der Waals surface area contributed by atoms with Gasteiger partial charge in [0.2, 0.25) is 0 Å². The van der Waals surface area contributed by atoms with E-state index in [1.165, 1.54) is 46.9 Å². The van der Waals surface area contributed by atoms with Crippen molar-refractivity contribution in [3.63, 3.8) is 0 Å². The van der Waals surface area contributed by atoms with Crippen LogP contribution in [0, 0.1) is 0 Å². The van der Waals surface area contributed by atoms with Crippen molar-refractivity contribution in [1.82, 2.24) is 9.97 Å². The van der Waals surface area contributed by atoms with Crippen LogP contribution in [0.15, 0.2) is 39.9 Å². The summed E-state index contributed by atoms with van der Waals surface area (Å²) in [6.45, 7) is 0. The number of thiazole rings is 2. The fourth-order valence-electron chi connectivity index (χ4n) is 1.88. The molecule has 1 aromatic carbocycles. The number of anilines is 2. The first-order chi connectivity index (χ1) is 11.3. The number of amides is 1. The van der Waals surface area contributed by atoms with Crippen LogP contribution in [-0.2, 0) is 9.84 Å². The van der Waals surface area contributed by atoms with Crippen LogP contribution < -0.4 is 11.1 Å². The monoisotopic (exact) mass is 380 g/mol. The number of carbonyl (C=O) groups is 1. The second kappa shape index (κ2) is 6.30. The van der Waals surface area contributed by atoms with Gasteiger partial charge in [-0.3, -0.25) is 10.1 Å². The van der Waals surface area contributed by atoms with Crippen LogP contribution in [0.3, 0.4) is 0 Å². The first-order valence-corrected chi connectivity index (χ1v) is 10.3. The Bertz CT molecular complexity index is 990. The van der Waals surface area contributed by atoms with Gasteiger partial charge in [0.15, 0.2) is 20.1 Å². The lowest BCUT2D eigenvalue weighted by atomic mass is 10.2. The van der Waals surface area contributed by atoms with E-state index in [1.807, 2.05) is 0 Å². The van der Waals surface area contributed by atoms with E-state index in [2.05, 4.69) is 15.3 Å². The number of benzene rings is 1. The molecule has 10 heteroatoms. The summed E-state index contributed by atoms with van der Waals surface area (Å²) in [5.74, 6) is -0.367. The van der Waals surface area contributed by atoms with Crippen LogP contribution in [0.25, 0.3) is 11.4 Å². The van der Waals surface area contributed by atoms with Crippen molar-refractivity contribution >= 4 is 48.7 Å². The third-order valence-corrected chi connectivity index (χ3v) is 5.61. The molecule has 24 heavy (non-hydrogen) atoms. The SMILES string of the molecule is CS(=O)(=O)c1ccc(C(=O)Nc2nc(-c3csc(N)n3)cs2)cc1. The molecule has 0 saturated heterocycles. The number of carbonyl (C=O) groups excluding carboxylic acids is 1. The van der Waals surface area contributed by atoms with Gasteiger partial charge < -0.3 is 5.73 Å². The minimum absolute atomic E-state index is 0.164. The van der Waals surface area contributed by atoms with Crippen molar-refractivity contribution < 1.29 is 13.2 Å². The maximum absolute atomic E-state index is 12.2. The molecule has 0 atom stereocenters. The van der Waals surface area contributed by atoms with E-state index < -0.39 is 9.84 Å². The predicted octanol–water partition coefficient (Wildman–Crippen LogP) is 2.50. The quantitative estimate of drug-likeness (QED) is 0.718. The van der Waals surface area contributed by atoms with E-state index >= 15 is 0 Å². The molecule has 1 amide bonds. The first kappa shape index (κ1) is 16.6. The number of hydrogen-bond donors (Lipinski definition) is 2. The smallest absolute Gasteiger partial charge is 0.257 e. The summed E-state index contributed by atoms with van der Waals surface area (Å²) in [5, 5.41) is 7.12. The van der Waals surface area contributed by atoms with Crippen LogP contribution in [0.4, 0.5) is 10.3 Å². The van der Waals surface area contributed by atoms with Gasteiger partial charge in [-0.2, -0.15) is 0 Å². The lowest BCUT2D eigenvalue weighted by molar-refractivity contribution is 0.102. The van der Waals surface area contributed by atoms with E-state index in [0.29, 0.717) is 27.2 Å². The molecule has 0 unspecified atom stereocenters. The normalized spacial score (nSPS) is 11.4. The van der Waals surface area contributed by atoms with E-state index in [4.69, 9.17) is 5.73 Å². The number of nitrogens with two attached hydrogens (primary N) is 1. The van der Waals surface area contributed by atoms with E-state index in [9.17, 15) is 13.2 Å². The van der Waals surface area contributed by atoms with Crippen molar-refractivity contribution in [2.75, 3.05) is 17.3 Å². The molecule has 0 fully saturated rings. The Morgan fingerprint density at radius 1 is 1.08 bits per heavy atom. The molecular weight excluding hydrogens is 368 g/mol. The number of sulfone groups is 1. The molecular formula is C14H12N4O3S3. The molecule has 0 saturated carbocycles. The van der Waals surface area contributed by atoms with Crippen molar-refractivity contribution in [1.29, 1.82) is 0 Å². The Kier molecular flexibility index (Phi) is 4.35. The third-order valence-electron chi connectivity index (χ3n) is 3.05. The van der Waals surface area contributed by atoms with Crippen molar-refractivity contribution in [2.24, 2.45) is 0 Å². The van der Waals surface area contributed by atoms with Gasteiger partial charge in [-0.05, 0) is 24.3 Å². The zero-order chi connectivity index (χ0) is 17.3. The van der Waals surface area contributed by atoms with Gasteiger partial charge in [-0.15, -0.1) is 22.7 Å². The van der Waals surface area contributed by atoms with Gasteiger partial charge in [0.05, 0.1) is 4.90 Å². The average molecular weight is 380 g/mol. The number of nitrogen functional groups attached to an aromatic ring is 1. The molecule has 0 aliphatic heterocycles. The summed E-state index contributed by atoms with van der Waals surface area (Å²) in [6, 6.07) is 5.72. The highest BCUT2D eigenvalue weighted by Crippen LogP contribution is 2.27. The molecule has 124 valence electrons. The number of hydrogen-bond acceptors (Lipinski definition) is 8. The molecule has 3 N–H and O–H groups in total. The Morgan fingerprint density at radius 3 is 2.29 bits per heavy atom. The molecule has 0 aliphatic rings. The zero-order valence-electron chi connectivity index (χ0n) is 12.4. The van der Waals surface area contributed by atoms with Gasteiger partial charge in [-0.25, -0.2) is 18.4 Å². The molecule has 0 aliphatic carbocycles. The first-order valence-electron chi connectivity index (χ1n) is 6.61. The second-order valence-corrected chi connectivity index (χ2v) is 8.62. The third kappa shape index (κ3) is 3.61. The van der Waals surface area contributed by atoms with Gasteiger partial charge in [0.25, 0.3) is 5.91 Å². The van der Waals surface area contributed by atoms with Crippen LogP contribution >= 0.6 is 22.7 Å². The highest BCUT2D eigenvalue weighted by Gasteiger charge is 2.13. The topological polar surface area (TPSA) is 115 Å². The van der Waals surface area contributed by atoms with Crippen LogP contribution in [0.5, 0.6) is 0 Å². The molecule has 0 spiro atoms. The fraction of sp³-hybridized carbons (Fsp3) is 0.0714. The summed E-state index contributed by atoms with van der Waals surface area (Å²) in [5.41, 5.74) is 7.23. The number of nitrogens with one attached hydrogen (secondary N) is 1. The Labute approximate surface area is 146 Å². The summed E-state index contributed by atoms with van der Waals surface area (Å²) in [6.07, 6.45) is 1.12. The molecule has 3 rings (SSSR count). The maximum atomic E-state index is 12.2. The molecule has 7 nitrogen and oxygen atoms in total. The molecule has 3 aromatic rings. The fourth-order valence-corrected chi connectivity index (χ4v) is 3.76. The van der Waals surface area contributed by atoms with Crippen molar-refractivity contribution in [3.8, 4) is 11.4 Å². The lowest BCUT2D eigenvalue weighted by Gasteiger charge is -2.03. The maximum Gasteiger partial charge on any atom is 0.257 e. The number of rotatable bonds is 4. The Hall–Kier alpha value is -2.30. The van der Waals surface area contributed by atoms with Gasteiger partial charge in [0, 0.05) is 22.6 Å². The summed E-state index contributed by atoms with van der Waals surface area (Å²) in [4.78, 5) is 20.8. The van der Waals surface area contributed by atoms with Gasteiger partial charge in [-0.1, -0.05) is 0 Å². The summed E-state index contributed by atoms with van der Waals surface area (Å²) < 4.78 is 22.8. The summed E-state index contributed by atoms with van der Waals surface area (Å²) in [7, 11) is -3.29. The van der Waals surface area contributed by atoms with E-state index in [-0.39, 0.29) is 10.8 Å². The van der Waals surface area contributed by atoms with E-state index in [1.54, 1.807) is 10.8 Å². The molecule has 0 radical (unpaired) electrons. The average Bonchev–Trinajstić information content (AvgIpc) is 3.15. The molecule has 2 heterocycles. The Morgan fingerprint density at radius 2 is 1.71 bits per heavy atom. The van der Waals surface area contributed by atoms with Crippen LogP contribution in [-0.4, -0.2) is 30.5 Å². The second-order valence-electron chi connectivity index (χ2n) is 4.86. The molecule has 2 aromatic heterocycles. The Balaban J connectivity index is 1.74. The van der Waals surface area contributed by atoms with Crippen LogP contribution in [0.1, 0.15) is 10.4 Å². The van der Waals surface area contributed by atoms with Crippen LogP contribution in [0.2, 0.25) is 0 Å². The number of nitrogens with zero attached hydrogens (tertiary/aromatic N) is 2. The number of aromatic nitrogens is 2. The van der Waals surface area contributed by atoms with Gasteiger partial charge >= 0.3 is 0 Å². The molecule has 0 bridgehead atoms. The summed E-state index contributed by atoms with van der Waals surface area (Å²) >= 11 is 2.59. The van der Waals surface area contributed by atoms with Crippen molar-refractivity contribution in [3.05, 3.63) is 40.6 Å². The largest absolute Gasteiger partial charge is 0.375 e. The highest BCUT2D eigenvalue weighted by atomic mass is 32.2. The highest BCUT2D eigenvalue weighted by molar-refractivity contribution is 7.90.